The van der Waals surface area contributed by atoms with E-state index in [-0.39, 0.29) is 20.1 Å². The molecule has 0 aliphatic rings. The Morgan fingerprint density at radius 2 is 1.33 bits per heavy atom. The van der Waals surface area contributed by atoms with E-state index in [1.165, 1.54) is 11.1 Å². The summed E-state index contributed by atoms with van der Waals surface area (Å²) in [6.45, 7) is 2.03. The van der Waals surface area contributed by atoms with Crippen molar-refractivity contribution in [3.05, 3.63) is 84.4 Å². The van der Waals surface area contributed by atoms with Gasteiger partial charge in [0.25, 0.3) is 0 Å². The molecule has 3 heteroatoms. The van der Waals surface area contributed by atoms with Crippen molar-refractivity contribution in [3.63, 3.8) is 0 Å². The maximum absolute atomic E-state index is 5.17. The van der Waals surface area contributed by atoms with Gasteiger partial charge in [0.15, 0.2) is 0 Å². The van der Waals surface area contributed by atoms with Gasteiger partial charge >= 0.3 is 0 Å². The molecule has 0 amide bonds. The number of hydrogen-bond donors (Lipinski definition) is 0. The van der Waals surface area contributed by atoms with Gasteiger partial charge in [-0.1, -0.05) is 54.6 Å². The average molecular weight is 494 g/mol. The zero-order valence-corrected chi connectivity index (χ0v) is 16.1. The van der Waals surface area contributed by atoms with Crippen LogP contribution in [0.1, 0.15) is 12.5 Å². The first-order chi connectivity index (χ1) is 11.3. The van der Waals surface area contributed by atoms with Crippen LogP contribution in [0.15, 0.2) is 83.9 Å². The molecule has 0 bridgehead atoms. The summed E-state index contributed by atoms with van der Waals surface area (Å²) < 4.78 is 5.17. The molecule has 0 atom stereocenters. The van der Waals surface area contributed by atoms with Crippen molar-refractivity contribution in [2.75, 3.05) is 7.11 Å². The van der Waals surface area contributed by atoms with Crippen molar-refractivity contribution in [3.8, 4) is 16.9 Å². The monoisotopic (exact) mass is 494 g/mol. The topological polar surface area (TPSA) is 21.6 Å². The van der Waals surface area contributed by atoms with Gasteiger partial charge in [0.1, 0.15) is 5.75 Å². The first-order valence-corrected chi connectivity index (χ1v) is 7.61. The summed E-state index contributed by atoms with van der Waals surface area (Å²) in [4.78, 5) is 4.67. The van der Waals surface area contributed by atoms with E-state index in [1.807, 2.05) is 37.3 Å². The zero-order chi connectivity index (χ0) is 16.1. The van der Waals surface area contributed by atoms with Crippen LogP contribution in [0.4, 0.5) is 5.69 Å². The second-order valence-electron chi connectivity index (χ2n) is 5.34. The third kappa shape index (κ3) is 4.41. The summed E-state index contributed by atoms with van der Waals surface area (Å²) in [6, 6.07) is 26.6. The molecule has 24 heavy (non-hydrogen) atoms. The second kappa shape index (κ2) is 8.58. The van der Waals surface area contributed by atoms with Crippen LogP contribution >= 0.6 is 0 Å². The van der Waals surface area contributed by atoms with Gasteiger partial charge in [-0.05, 0) is 47.9 Å². The van der Waals surface area contributed by atoms with Gasteiger partial charge in [-0.15, -0.1) is 0 Å². The molecule has 0 fully saturated rings. The van der Waals surface area contributed by atoms with Gasteiger partial charge in [-0.25, -0.2) is 0 Å². The number of benzene rings is 3. The molecule has 0 aliphatic heterocycles. The van der Waals surface area contributed by atoms with Crippen LogP contribution in [-0.4, -0.2) is 12.8 Å². The molecule has 1 radical (unpaired) electrons. The molecule has 3 rings (SSSR count). The fourth-order valence-corrected chi connectivity index (χ4v) is 2.45. The Balaban J connectivity index is 0.00000208. The Labute approximate surface area is 156 Å². The zero-order valence-electron chi connectivity index (χ0n) is 13.7. The third-order valence-corrected chi connectivity index (χ3v) is 3.78. The molecule has 3 aromatic rings. The van der Waals surface area contributed by atoms with E-state index in [2.05, 4.69) is 53.5 Å². The fraction of sp³-hybridized carbons (Fsp3) is 0.0952. The molecule has 0 aliphatic carbocycles. The number of aliphatic imine (C=N–C) groups is 1. The summed E-state index contributed by atoms with van der Waals surface area (Å²) in [5, 5.41) is 0. The van der Waals surface area contributed by atoms with Crippen LogP contribution in [0.25, 0.3) is 11.1 Å². The Bertz CT molecular complexity index is 794. The molecular formula is C21H19IrNO. The minimum Gasteiger partial charge on any atom is -0.497 e. The number of methoxy groups -OCH3 is 1. The number of nitrogens with zero attached hydrogens (tertiary/aromatic N) is 1. The number of ether oxygens (including phenoxy) is 1. The van der Waals surface area contributed by atoms with Crippen LogP contribution in [0.2, 0.25) is 0 Å². The number of hydrogen-bond acceptors (Lipinski definition) is 2. The van der Waals surface area contributed by atoms with E-state index in [4.69, 9.17) is 4.74 Å². The minimum atomic E-state index is 0. The van der Waals surface area contributed by atoms with Crippen molar-refractivity contribution in [2.45, 2.75) is 6.92 Å². The summed E-state index contributed by atoms with van der Waals surface area (Å²) in [6.07, 6.45) is 0. The van der Waals surface area contributed by atoms with Crippen LogP contribution < -0.4 is 4.74 Å². The van der Waals surface area contributed by atoms with Crippen LogP contribution in [0, 0.1) is 0 Å². The summed E-state index contributed by atoms with van der Waals surface area (Å²) in [5.74, 6) is 0.841. The van der Waals surface area contributed by atoms with Crippen molar-refractivity contribution >= 4 is 11.4 Å². The summed E-state index contributed by atoms with van der Waals surface area (Å²) in [7, 11) is 1.66. The first kappa shape index (κ1) is 18.1. The van der Waals surface area contributed by atoms with Crippen molar-refractivity contribution < 1.29 is 24.8 Å². The Hall–Kier alpha value is -2.22. The van der Waals surface area contributed by atoms with Crippen molar-refractivity contribution in [2.24, 2.45) is 4.99 Å². The summed E-state index contributed by atoms with van der Waals surface area (Å²) in [5.41, 5.74) is 5.49. The maximum atomic E-state index is 5.17. The standard InChI is InChI=1S/C21H19NO.Ir/c1-16(22-20-12-14-21(23-2)15-13-20)17-8-10-19(11-9-17)18-6-4-3-5-7-18;/h3-15H,1-2H3;. The van der Waals surface area contributed by atoms with Gasteiger partial charge in [-0.2, -0.15) is 0 Å². The van der Waals surface area contributed by atoms with Gasteiger partial charge < -0.3 is 4.74 Å². The van der Waals surface area contributed by atoms with E-state index < -0.39 is 0 Å². The fourth-order valence-electron chi connectivity index (χ4n) is 2.45. The summed E-state index contributed by atoms with van der Waals surface area (Å²) >= 11 is 0. The first-order valence-electron chi connectivity index (χ1n) is 7.61. The molecule has 0 aromatic heterocycles. The predicted molar refractivity (Wildman–Crippen MR) is 96.7 cm³/mol. The predicted octanol–water partition coefficient (Wildman–Crippen LogP) is 5.50. The van der Waals surface area contributed by atoms with E-state index in [0.29, 0.717) is 0 Å². The molecule has 2 nitrogen and oxygen atoms in total. The van der Waals surface area contributed by atoms with E-state index >= 15 is 0 Å². The van der Waals surface area contributed by atoms with Gasteiger partial charge in [-0.3, -0.25) is 4.99 Å². The SMILES string of the molecule is COc1ccc(N=C(C)c2ccc(-c3ccccc3)cc2)cc1.[Ir]. The Morgan fingerprint density at radius 3 is 1.92 bits per heavy atom. The van der Waals surface area contributed by atoms with Crippen LogP contribution in [0.5, 0.6) is 5.75 Å². The average Bonchev–Trinajstić information content (AvgIpc) is 2.63. The molecule has 0 N–H and O–H groups in total. The molecule has 0 unspecified atom stereocenters. The van der Waals surface area contributed by atoms with E-state index in [9.17, 15) is 0 Å². The van der Waals surface area contributed by atoms with Crippen molar-refractivity contribution in [1.29, 1.82) is 0 Å². The molecule has 3 aromatic carbocycles. The van der Waals surface area contributed by atoms with Crippen molar-refractivity contribution in [1.82, 2.24) is 0 Å². The van der Waals surface area contributed by atoms with Crippen LogP contribution in [0.3, 0.4) is 0 Å². The molecule has 123 valence electrons. The Morgan fingerprint density at radius 1 is 0.750 bits per heavy atom. The largest absolute Gasteiger partial charge is 0.497 e. The number of rotatable bonds is 4. The van der Waals surface area contributed by atoms with Gasteiger partial charge in [0.2, 0.25) is 0 Å². The Kier molecular flexibility index (Phi) is 6.48. The molecular weight excluding hydrogens is 474 g/mol. The second-order valence-corrected chi connectivity index (χ2v) is 5.34. The maximum Gasteiger partial charge on any atom is 0.119 e. The molecule has 0 heterocycles. The van der Waals surface area contributed by atoms with E-state index in [1.54, 1.807) is 7.11 Å². The third-order valence-electron chi connectivity index (χ3n) is 3.78. The smallest absolute Gasteiger partial charge is 0.119 e. The van der Waals surface area contributed by atoms with Gasteiger partial charge in [0, 0.05) is 25.8 Å². The molecule has 0 spiro atoms. The quantitative estimate of drug-likeness (QED) is 0.440. The van der Waals surface area contributed by atoms with Crippen LogP contribution in [-0.2, 0) is 20.1 Å². The molecule has 0 saturated carbocycles. The minimum absolute atomic E-state index is 0. The van der Waals surface area contributed by atoms with Gasteiger partial charge in [0.05, 0.1) is 12.8 Å². The normalized spacial score (nSPS) is 10.8. The van der Waals surface area contributed by atoms with E-state index in [0.717, 1.165) is 22.7 Å². The molecule has 0 saturated heterocycles.